The third-order valence-corrected chi connectivity index (χ3v) is 9.86. The Bertz CT molecular complexity index is 1120. The van der Waals surface area contributed by atoms with Crippen LogP contribution >= 0.6 is 23.4 Å². The van der Waals surface area contributed by atoms with Crippen LogP contribution in [0.1, 0.15) is 24.0 Å². The zero-order chi connectivity index (χ0) is 22.3. The summed E-state index contributed by atoms with van der Waals surface area (Å²) in [6.45, 7) is -0.388. The lowest BCUT2D eigenvalue weighted by atomic mass is 9.91. The van der Waals surface area contributed by atoms with Crippen LogP contribution in [0.25, 0.3) is 4.91 Å². The van der Waals surface area contributed by atoms with Gasteiger partial charge in [-0.1, -0.05) is 60.1 Å². The number of thioether (sulfide) groups is 1. The maximum atomic E-state index is 13.3. The van der Waals surface area contributed by atoms with E-state index in [1.807, 2.05) is 24.3 Å². The van der Waals surface area contributed by atoms with Crippen molar-refractivity contribution in [2.24, 2.45) is 0 Å². The van der Waals surface area contributed by atoms with Gasteiger partial charge in [-0.2, -0.15) is 4.72 Å². The predicted octanol–water partition coefficient (Wildman–Crippen LogP) is 3.31. The van der Waals surface area contributed by atoms with E-state index in [0.29, 0.717) is 17.0 Å². The molecule has 9 heteroatoms. The molecule has 3 atom stereocenters. The van der Waals surface area contributed by atoms with Crippen molar-refractivity contribution in [1.29, 1.82) is 0 Å². The molecule has 2 aromatic rings. The monoisotopic (exact) mass is 479 g/mol. The van der Waals surface area contributed by atoms with Gasteiger partial charge in [0, 0.05) is 9.93 Å². The van der Waals surface area contributed by atoms with Gasteiger partial charge < -0.3 is 9.84 Å². The lowest BCUT2D eigenvalue weighted by Gasteiger charge is -2.25. The van der Waals surface area contributed by atoms with E-state index in [4.69, 9.17) is 16.3 Å². The van der Waals surface area contributed by atoms with Crippen molar-refractivity contribution in [2.45, 2.75) is 28.4 Å². The molecule has 164 valence electrons. The van der Waals surface area contributed by atoms with E-state index in [1.54, 1.807) is 36.4 Å². The van der Waals surface area contributed by atoms with Crippen LogP contribution in [-0.2, 0) is 25.0 Å². The number of ether oxygens (including phenoxy) is 1. The van der Waals surface area contributed by atoms with Gasteiger partial charge in [0.2, 0.25) is 10.0 Å². The largest absolute Gasteiger partial charge is 0.468 e. The second-order valence-electron chi connectivity index (χ2n) is 7.69. The molecule has 1 aliphatic carbocycles. The summed E-state index contributed by atoms with van der Waals surface area (Å²) in [6, 6.07) is 16.1. The first-order valence-corrected chi connectivity index (χ1v) is 12.5. The van der Waals surface area contributed by atoms with Crippen molar-refractivity contribution in [1.82, 2.24) is 4.72 Å². The van der Waals surface area contributed by atoms with Gasteiger partial charge in [-0.15, -0.1) is 11.8 Å². The van der Waals surface area contributed by atoms with Gasteiger partial charge in [0.05, 0.1) is 19.1 Å². The number of methoxy groups -OCH3 is 1. The number of benzene rings is 2. The van der Waals surface area contributed by atoms with Crippen LogP contribution < -0.4 is 4.72 Å². The van der Waals surface area contributed by atoms with Gasteiger partial charge in [0.25, 0.3) is 0 Å². The highest BCUT2D eigenvalue weighted by Gasteiger charge is 2.75. The molecule has 2 aromatic carbocycles. The number of hydrogen-bond donors (Lipinski definition) is 2. The van der Waals surface area contributed by atoms with Crippen molar-refractivity contribution < 1.29 is 23.1 Å². The van der Waals surface area contributed by atoms with Crippen LogP contribution in [0.2, 0.25) is 5.02 Å². The minimum atomic E-state index is -3.93. The van der Waals surface area contributed by atoms with E-state index >= 15 is 0 Å². The van der Waals surface area contributed by atoms with Crippen molar-refractivity contribution in [3.8, 4) is 0 Å². The second-order valence-corrected chi connectivity index (χ2v) is 11.5. The molecule has 3 unspecified atom stereocenters. The molecule has 0 aromatic heterocycles. The maximum Gasteiger partial charge on any atom is 0.328 e. The smallest absolute Gasteiger partial charge is 0.328 e. The average Bonchev–Trinajstić information content (AvgIpc) is 3.16. The highest BCUT2D eigenvalue weighted by atomic mass is 35.5. The first kappa shape index (κ1) is 22.4. The van der Waals surface area contributed by atoms with Crippen LogP contribution in [0.4, 0.5) is 0 Å². The van der Waals surface area contributed by atoms with Gasteiger partial charge in [-0.3, -0.25) is 0 Å². The summed E-state index contributed by atoms with van der Waals surface area (Å²) < 4.78 is 33.4. The molecule has 1 heterocycles. The molecule has 0 saturated heterocycles. The highest BCUT2D eigenvalue weighted by Crippen LogP contribution is 2.59. The highest BCUT2D eigenvalue weighted by molar-refractivity contribution is 8.18. The molecule has 0 radical (unpaired) electrons. The number of carbonyl (C=O) groups excluding carboxylic acids is 1. The third kappa shape index (κ3) is 3.81. The quantitative estimate of drug-likeness (QED) is 0.592. The van der Waals surface area contributed by atoms with E-state index in [0.717, 1.165) is 10.5 Å². The van der Waals surface area contributed by atoms with Gasteiger partial charge in [-0.05, 0) is 36.1 Å². The van der Waals surface area contributed by atoms with E-state index in [-0.39, 0.29) is 13.0 Å². The van der Waals surface area contributed by atoms with E-state index < -0.39 is 31.5 Å². The molecule has 1 aliphatic heterocycles. The van der Waals surface area contributed by atoms with Crippen LogP contribution in [0, 0.1) is 0 Å². The lowest BCUT2D eigenvalue weighted by molar-refractivity contribution is -0.144. The van der Waals surface area contributed by atoms with Crippen LogP contribution in [-0.4, -0.2) is 43.3 Å². The Morgan fingerprint density at radius 2 is 1.90 bits per heavy atom. The zero-order valence-electron chi connectivity index (χ0n) is 16.7. The molecule has 1 fully saturated rings. The Hall–Kier alpha value is -1.84. The molecule has 1 saturated carbocycles. The molecule has 0 bridgehead atoms. The number of aliphatic hydroxyl groups is 1. The number of esters is 1. The Balaban J connectivity index is 1.59. The number of sulfonamides is 1. The summed E-state index contributed by atoms with van der Waals surface area (Å²) in [4.78, 5) is 13.6. The van der Waals surface area contributed by atoms with Crippen molar-refractivity contribution in [3.63, 3.8) is 0 Å². The Kier molecular flexibility index (Phi) is 5.95. The first-order chi connectivity index (χ1) is 14.8. The minimum absolute atomic E-state index is 0.126. The van der Waals surface area contributed by atoms with Gasteiger partial charge in [-0.25, -0.2) is 13.2 Å². The normalized spacial score (nSPS) is 27.6. The van der Waals surface area contributed by atoms with Gasteiger partial charge in [0.1, 0.15) is 10.1 Å². The molecule has 0 spiro atoms. The summed E-state index contributed by atoms with van der Waals surface area (Å²) in [6.07, 6.45) is 2.29. The molecule has 2 aliphatic rings. The van der Waals surface area contributed by atoms with Gasteiger partial charge in [0.15, 0.2) is 0 Å². The first-order valence-electron chi connectivity index (χ1n) is 9.68. The zero-order valence-corrected chi connectivity index (χ0v) is 19.1. The maximum absolute atomic E-state index is 13.3. The molecule has 0 amide bonds. The van der Waals surface area contributed by atoms with E-state index in [2.05, 4.69) is 4.72 Å². The van der Waals surface area contributed by atoms with E-state index in [9.17, 15) is 18.3 Å². The summed E-state index contributed by atoms with van der Waals surface area (Å²) >= 11 is 7.16. The summed E-state index contributed by atoms with van der Waals surface area (Å²) in [5, 5.41) is 10.8. The Morgan fingerprint density at radius 3 is 2.52 bits per heavy atom. The van der Waals surface area contributed by atoms with Crippen molar-refractivity contribution in [3.05, 3.63) is 76.8 Å². The number of carbonyl (C=O) groups is 1. The summed E-state index contributed by atoms with van der Waals surface area (Å²) in [7, 11) is -2.71. The molecule has 31 heavy (non-hydrogen) atoms. The van der Waals surface area contributed by atoms with Crippen molar-refractivity contribution >= 4 is 44.3 Å². The van der Waals surface area contributed by atoms with E-state index in [1.165, 1.54) is 18.9 Å². The van der Waals surface area contributed by atoms with Crippen molar-refractivity contribution in [2.75, 3.05) is 13.7 Å². The lowest BCUT2D eigenvalue weighted by Crippen LogP contribution is -2.52. The third-order valence-electron chi connectivity index (χ3n) is 5.93. The number of nitrogens with one attached hydrogen (secondary N) is 1. The fraction of sp³-hybridized carbons (Fsp3) is 0.318. The topological polar surface area (TPSA) is 92.7 Å². The Morgan fingerprint density at radius 1 is 1.23 bits per heavy atom. The molecule has 6 nitrogen and oxygen atoms in total. The molecular formula is C22H22ClNO5S2. The summed E-state index contributed by atoms with van der Waals surface area (Å²) in [5.41, 5.74) is -1.04. The standard InChI is InChI=1S/C22H22ClNO5S2/c1-29-20(26)22(13-21(22,14-25)16-5-3-2-4-6-16)24-31(27,28)19-12-11-18(30-19)15-7-9-17(23)10-8-15/h2-11,19,24-25H,12-14H2,1H3. The number of aliphatic hydroxyl groups excluding tert-OH is 1. The fourth-order valence-corrected chi connectivity index (χ4v) is 7.50. The molecule has 4 rings (SSSR count). The number of allylic oxidation sites excluding steroid dienone is 1. The summed E-state index contributed by atoms with van der Waals surface area (Å²) in [5.74, 6) is -0.706. The van der Waals surface area contributed by atoms with Gasteiger partial charge >= 0.3 is 5.97 Å². The SMILES string of the molecule is COC(=O)C1(NS(=O)(=O)C2CC=C(c3ccc(Cl)cc3)S2)CC1(CO)c1ccccc1. The number of rotatable bonds is 7. The fourth-order valence-electron chi connectivity index (χ4n) is 4.15. The Labute approximate surface area is 190 Å². The number of halogens is 1. The molecule has 2 N–H and O–H groups in total. The van der Waals surface area contributed by atoms with Crippen LogP contribution in [0.15, 0.2) is 60.7 Å². The van der Waals surface area contributed by atoms with Crippen LogP contribution in [0.3, 0.4) is 0 Å². The molecular weight excluding hydrogens is 458 g/mol. The van der Waals surface area contributed by atoms with Crippen LogP contribution in [0.5, 0.6) is 0 Å². The predicted molar refractivity (Wildman–Crippen MR) is 122 cm³/mol. The second kappa shape index (κ2) is 8.26. The number of hydrogen-bond acceptors (Lipinski definition) is 6. The minimum Gasteiger partial charge on any atom is -0.468 e. The average molecular weight is 480 g/mol.